The number of carbonyl (C=O) groups is 2. The summed E-state index contributed by atoms with van der Waals surface area (Å²) in [5.41, 5.74) is 0.850. The summed E-state index contributed by atoms with van der Waals surface area (Å²) in [6.45, 7) is 3.95. The molecule has 1 amide bonds. The van der Waals surface area contributed by atoms with Crippen LogP contribution in [0.3, 0.4) is 0 Å². The molecule has 3 rings (SSSR count). The summed E-state index contributed by atoms with van der Waals surface area (Å²) in [6, 6.07) is 7.52. The van der Waals surface area contributed by atoms with Crippen LogP contribution in [0.1, 0.15) is 24.8 Å². The minimum absolute atomic E-state index is 0.238. The number of ether oxygens (including phenoxy) is 1. The van der Waals surface area contributed by atoms with Gasteiger partial charge in [0.15, 0.2) is 5.17 Å². The minimum atomic E-state index is -1.02. The molecule has 0 aromatic heterocycles. The Hall–Kier alpha value is -2.39. The monoisotopic (exact) mass is 390 g/mol. The van der Waals surface area contributed by atoms with Crippen LogP contribution in [0.15, 0.2) is 34.5 Å². The van der Waals surface area contributed by atoms with E-state index in [4.69, 9.17) is 9.84 Å². The van der Waals surface area contributed by atoms with Crippen LogP contribution < -0.4 is 10.1 Å². The number of amides is 1. The van der Waals surface area contributed by atoms with Gasteiger partial charge >= 0.3 is 5.97 Å². The number of aliphatic carboxylic acids is 1. The topological polar surface area (TPSA) is 104 Å². The number of rotatable bonds is 8. The number of benzene rings is 1. The van der Waals surface area contributed by atoms with Gasteiger partial charge < -0.3 is 15.2 Å². The molecule has 0 aliphatic carbocycles. The summed E-state index contributed by atoms with van der Waals surface area (Å²) < 4.78 is 5.75. The highest BCUT2D eigenvalue weighted by Crippen LogP contribution is 2.22. The highest BCUT2D eigenvalue weighted by molar-refractivity contribution is 8.15. The highest BCUT2D eigenvalue weighted by atomic mass is 32.2. The number of likely N-dealkylation sites (tertiary alicyclic amines) is 1. The summed E-state index contributed by atoms with van der Waals surface area (Å²) in [5.74, 6) is -0.560. The lowest BCUT2D eigenvalue weighted by atomic mass is 10.2. The van der Waals surface area contributed by atoms with Crippen molar-refractivity contribution in [2.24, 2.45) is 10.2 Å². The second-order valence-corrected chi connectivity index (χ2v) is 7.50. The van der Waals surface area contributed by atoms with Gasteiger partial charge in [-0.2, -0.15) is 5.10 Å². The van der Waals surface area contributed by atoms with E-state index in [1.165, 1.54) is 12.8 Å². The number of carboxylic acid groups (broad SMARTS) is 1. The van der Waals surface area contributed by atoms with Gasteiger partial charge in [-0.15, -0.1) is 5.10 Å². The molecule has 0 spiro atoms. The van der Waals surface area contributed by atoms with Crippen molar-refractivity contribution in [3.05, 3.63) is 29.8 Å². The Labute approximate surface area is 161 Å². The fraction of sp³-hybridized carbons (Fsp3) is 0.444. The number of nitrogens with zero attached hydrogens (tertiary/aromatic N) is 3. The average Bonchev–Trinajstić information content (AvgIpc) is 3.26. The molecule has 2 heterocycles. The average molecular weight is 390 g/mol. The van der Waals surface area contributed by atoms with E-state index in [9.17, 15) is 9.59 Å². The molecule has 2 aliphatic heterocycles. The first-order chi connectivity index (χ1) is 13.1. The molecule has 27 heavy (non-hydrogen) atoms. The molecule has 2 saturated heterocycles. The number of hydrogen-bond acceptors (Lipinski definition) is 7. The van der Waals surface area contributed by atoms with Crippen molar-refractivity contribution in [1.29, 1.82) is 0 Å². The van der Waals surface area contributed by atoms with Crippen LogP contribution >= 0.6 is 11.8 Å². The molecule has 1 aromatic carbocycles. The second kappa shape index (κ2) is 9.52. The van der Waals surface area contributed by atoms with Crippen LogP contribution in [0.2, 0.25) is 0 Å². The third-order valence-corrected chi connectivity index (χ3v) is 5.32. The molecule has 144 valence electrons. The zero-order valence-electron chi connectivity index (χ0n) is 14.8. The second-order valence-electron chi connectivity index (χ2n) is 6.31. The van der Waals surface area contributed by atoms with Crippen molar-refractivity contribution in [3.8, 4) is 5.75 Å². The minimum Gasteiger partial charge on any atom is -0.492 e. The van der Waals surface area contributed by atoms with Gasteiger partial charge in [0.2, 0.25) is 5.91 Å². The van der Waals surface area contributed by atoms with Gasteiger partial charge in [0, 0.05) is 6.54 Å². The standard InChI is InChI=1S/C18H22N4O4S/c23-16(24)11-15-17(25)20-18(27-15)21-19-12-13-3-5-14(6-4-13)26-10-9-22-7-1-2-8-22/h3-6,12,15H,1-2,7-11H2,(H,23,24)(H,20,21,25). The van der Waals surface area contributed by atoms with E-state index in [0.29, 0.717) is 11.8 Å². The van der Waals surface area contributed by atoms with Gasteiger partial charge in [-0.05, 0) is 55.8 Å². The first-order valence-electron chi connectivity index (χ1n) is 8.86. The van der Waals surface area contributed by atoms with Crippen LogP contribution in [-0.4, -0.2) is 64.8 Å². The van der Waals surface area contributed by atoms with E-state index in [2.05, 4.69) is 20.4 Å². The first-order valence-corrected chi connectivity index (χ1v) is 9.74. The van der Waals surface area contributed by atoms with E-state index in [0.717, 1.165) is 42.7 Å². The molecular formula is C18H22N4O4S. The first kappa shape index (κ1) is 19.4. The van der Waals surface area contributed by atoms with Crippen molar-refractivity contribution >= 4 is 35.0 Å². The number of carboxylic acids is 1. The fourth-order valence-electron chi connectivity index (χ4n) is 2.84. The molecule has 1 unspecified atom stereocenters. The molecular weight excluding hydrogens is 368 g/mol. The lowest BCUT2D eigenvalue weighted by Crippen LogP contribution is -2.26. The van der Waals surface area contributed by atoms with E-state index >= 15 is 0 Å². The highest BCUT2D eigenvalue weighted by Gasteiger charge is 2.32. The van der Waals surface area contributed by atoms with Crippen LogP contribution in [-0.2, 0) is 9.59 Å². The van der Waals surface area contributed by atoms with E-state index in [1.807, 2.05) is 24.3 Å². The number of nitrogens with one attached hydrogen (secondary N) is 1. The van der Waals surface area contributed by atoms with Crippen molar-refractivity contribution in [2.45, 2.75) is 24.5 Å². The van der Waals surface area contributed by atoms with Gasteiger partial charge in [-0.3, -0.25) is 14.5 Å². The normalized spacial score (nSPS) is 21.9. The van der Waals surface area contributed by atoms with E-state index in [1.54, 1.807) is 6.21 Å². The fourth-order valence-corrected chi connectivity index (χ4v) is 3.76. The van der Waals surface area contributed by atoms with Crippen molar-refractivity contribution in [2.75, 3.05) is 26.2 Å². The molecule has 0 bridgehead atoms. The van der Waals surface area contributed by atoms with Crippen molar-refractivity contribution in [1.82, 2.24) is 10.2 Å². The van der Waals surface area contributed by atoms with E-state index < -0.39 is 11.2 Å². The number of thioether (sulfide) groups is 1. The molecule has 1 atom stereocenters. The van der Waals surface area contributed by atoms with Gasteiger partial charge in [0.05, 0.1) is 12.6 Å². The lowest BCUT2D eigenvalue weighted by molar-refractivity contribution is -0.138. The molecule has 0 radical (unpaired) electrons. The molecule has 2 N–H and O–H groups in total. The zero-order valence-corrected chi connectivity index (χ0v) is 15.7. The van der Waals surface area contributed by atoms with Crippen LogP contribution in [0.25, 0.3) is 0 Å². The number of amidine groups is 1. The predicted molar refractivity (Wildman–Crippen MR) is 104 cm³/mol. The van der Waals surface area contributed by atoms with Gasteiger partial charge in [0.1, 0.15) is 17.6 Å². The lowest BCUT2D eigenvalue weighted by Gasteiger charge is -2.14. The van der Waals surface area contributed by atoms with Gasteiger partial charge in [-0.25, -0.2) is 0 Å². The summed E-state index contributed by atoms with van der Waals surface area (Å²) in [4.78, 5) is 24.7. The number of carbonyl (C=O) groups excluding carboxylic acids is 1. The Morgan fingerprint density at radius 2 is 2.07 bits per heavy atom. The smallest absolute Gasteiger partial charge is 0.305 e. The van der Waals surface area contributed by atoms with Gasteiger partial charge in [0.25, 0.3) is 0 Å². The summed E-state index contributed by atoms with van der Waals surface area (Å²) in [5, 5.41) is 18.8. The Bertz CT molecular complexity index is 729. The Morgan fingerprint density at radius 1 is 1.33 bits per heavy atom. The Kier molecular flexibility index (Phi) is 6.83. The summed E-state index contributed by atoms with van der Waals surface area (Å²) >= 11 is 1.07. The third kappa shape index (κ3) is 6.07. The maximum Gasteiger partial charge on any atom is 0.305 e. The third-order valence-electron chi connectivity index (χ3n) is 4.25. The van der Waals surface area contributed by atoms with E-state index in [-0.39, 0.29) is 12.3 Å². The molecule has 0 saturated carbocycles. The van der Waals surface area contributed by atoms with Crippen molar-refractivity contribution < 1.29 is 19.4 Å². The van der Waals surface area contributed by atoms with Crippen molar-refractivity contribution in [3.63, 3.8) is 0 Å². The van der Waals surface area contributed by atoms with Crippen LogP contribution in [0.4, 0.5) is 0 Å². The predicted octanol–water partition coefficient (Wildman–Crippen LogP) is 1.56. The van der Waals surface area contributed by atoms with Crippen LogP contribution in [0, 0.1) is 0 Å². The summed E-state index contributed by atoms with van der Waals surface area (Å²) in [7, 11) is 0. The quantitative estimate of drug-likeness (QED) is 0.516. The zero-order chi connectivity index (χ0) is 19.1. The van der Waals surface area contributed by atoms with Crippen LogP contribution in [0.5, 0.6) is 5.75 Å². The molecule has 1 aromatic rings. The molecule has 8 nitrogen and oxygen atoms in total. The largest absolute Gasteiger partial charge is 0.492 e. The molecule has 2 fully saturated rings. The molecule has 2 aliphatic rings. The maximum atomic E-state index is 11.6. The maximum absolute atomic E-state index is 11.6. The summed E-state index contributed by atoms with van der Waals surface area (Å²) in [6.07, 6.45) is 3.89. The molecule has 9 heteroatoms. The van der Waals surface area contributed by atoms with Gasteiger partial charge in [-0.1, -0.05) is 11.8 Å². The Balaban J connectivity index is 1.45. The number of hydrogen-bond donors (Lipinski definition) is 2. The SMILES string of the molecule is O=C(O)CC1SC(=NN=Cc2ccc(OCCN3CCCC3)cc2)NC1=O. The Morgan fingerprint density at radius 3 is 2.78 bits per heavy atom.